The minimum atomic E-state index is 0.148. The molecule has 0 unspecified atom stereocenters. The Labute approximate surface area is 141 Å². The Bertz CT molecular complexity index is 871. The van der Waals surface area contributed by atoms with Crippen molar-refractivity contribution in [1.29, 1.82) is 0 Å². The highest BCUT2D eigenvalue weighted by Gasteiger charge is 2.14. The van der Waals surface area contributed by atoms with Crippen LogP contribution in [0, 0.1) is 6.92 Å². The predicted octanol–water partition coefficient (Wildman–Crippen LogP) is 3.25. The van der Waals surface area contributed by atoms with Gasteiger partial charge in [-0.2, -0.15) is 9.61 Å². The lowest BCUT2D eigenvalue weighted by Gasteiger charge is -2.21. The van der Waals surface area contributed by atoms with Gasteiger partial charge in [0.2, 0.25) is 5.91 Å². The zero-order chi connectivity index (χ0) is 17.1. The van der Waals surface area contributed by atoms with Gasteiger partial charge in [0.15, 0.2) is 11.5 Å². The van der Waals surface area contributed by atoms with E-state index in [1.165, 1.54) is 0 Å². The molecule has 0 aliphatic carbocycles. The Morgan fingerprint density at radius 1 is 1.17 bits per heavy atom. The van der Waals surface area contributed by atoms with E-state index in [1.807, 2.05) is 62.1 Å². The molecule has 3 aromatic rings. The third-order valence-electron chi connectivity index (χ3n) is 3.95. The van der Waals surface area contributed by atoms with E-state index >= 15 is 0 Å². The number of anilines is 1. The number of carbonyl (C=O) groups is 1. The summed E-state index contributed by atoms with van der Waals surface area (Å²) in [7, 11) is 0. The molecule has 0 N–H and O–H groups in total. The van der Waals surface area contributed by atoms with Gasteiger partial charge in [0.05, 0.1) is 5.69 Å². The number of hydrogen-bond donors (Lipinski definition) is 0. The molecule has 3 rings (SSSR count). The van der Waals surface area contributed by atoms with E-state index in [1.54, 1.807) is 4.52 Å². The molecule has 0 aliphatic heterocycles. The number of rotatable bonds is 5. The van der Waals surface area contributed by atoms with E-state index in [9.17, 15) is 4.79 Å². The molecule has 0 spiro atoms. The maximum Gasteiger partial charge on any atom is 0.226 e. The summed E-state index contributed by atoms with van der Waals surface area (Å²) < 4.78 is 1.72. The quantitative estimate of drug-likeness (QED) is 0.723. The van der Waals surface area contributed by atoms with E-state index in [2.05, 4.69) is 15.3 Å². The highest BCUT2D eigenvalue weighted by molar-refractivity contribution is 5.93. The Morgan fingerprint density at radius 3 is 2.75 bits per heavy atom. The summed E-state index contributed by atoms with van der Waals surface area (Å²) in [6, 6.07) is 11.7. The molecule has 2 aromatic heterocycles. The van der Waals surface area contributed by atoms with E-state index in [0.717, 1.165) is 34.8 Å². The monoisotopic (exact) mass is 323 g/mol. The van der Waals surface area contributed by atoms with Crippen LogP contribution < -0.4 is 4.90 Å². The number of benzene rings is 1. The molecular weight excluding hydrogens is 302 g/mol. The molecule has 6 nitrogen and oxygen atoms in total. The summed E-state index contributed by atoms with van der Waals surface area (Å²) >= 11 is 0. The summed E-state index contributed by atoms with van der Waals surface area (Å²) in [4.78, 5) is 14.1. The molecule has 0 aliphatic rings. The summed E-state index contributed by atoms with van der Waals surface area (Å²) in [6.07, 6.45) is 1.41. The Hall–Kier alpha value is -2.76. The first-order valence-corrected chi connectivity index (χ1v) is 8.24. The highest BCUT2D eigenvalue weighted by atomic mass is 16.2. The molecule has 124 valence electrons. The SMILES string of the molecule is CCCC(=O)N(CC)c1cccc(-c2ccc3nnc(C)n3n2)c1. The third-order valence-corrected chi connectivity index (χ3v) is 3.95. The van der Waals surface area contributed by atoms with Gasteiger partial charge in [0.1, 0.15) is 0 Å². The fraction of sp³-hybridized carbons (Fsp3) is 0.333. The van der Waals surface area contributed by atoms with Crippen molar-refractivity contribution >= 4 is 17.2 Å². The van der Waals surface area contributed by atoms with Crippen molar-refractivity contribution in [3.8, 4) is 11.3 Å². The van der Waals surface area contributed by atoms with E-state index in [-0.39, 0.29) is 5.91 Å². The van der Waals surface area contributed by atoms with Crippen molar-refractivity contribution in [1.82, 2.24) is 19.8 Å². The molecule has 0 bridgehead atoms. The zero-order valence-corrected chi connectivity index (χ0v) is 14.2. The second-order valence-electron chi connectivity index (χ2n) is 5.67. The first-order valence-electron chi connectivity index (χ1n) is 8.24. The second-order valence-corrected chi connectivity index (χ2v) is 5.67. The molecule has 0 saturated carbocycles. The average molecular weight is 323 g/mol. The van der Waals surface area contributed by atoms with Crippen LogP contribution in [0.5, 0.6) is 0 Å². The standard InChI is InChI=1S/C18H21N5O/c1-4-7-18(24)22(5-2)15-9-6-8-14(12-15)16-10-11-17-20-19-13(3)23(17)21-16/h6,8-12H,4-5,7H2,1-3H3. The lowest BCUT2D eigenvalue weighted by molar-refractivity contribution is -0.118. The van der Waals surface area contributed by atoms with Crippen LogP contribution in [0.2, 0.25) is 0 Å². The molecule has 0 fully saturated rings. The molecule has 2 heterocycles. The van der Waals surface area contributed by atoms with E-state index in [4.69, 9.17) is 0 Å². The summed E-state index contributed by atoms with van der Waals surface area (Å²) in [5, 5.41) is 12.7. The van der Waals surface area contributed by atoms with Crippen LogP contribution in [0.15, 0.2) is 36.4 Å². The van der Waals surface area contributed by atoms with Crippen LogP contribution >= 0.6 is 0 Å². The summed E-state index contributed by atoms with van der Waals surface area (Å²) in [5.41, 5.74) is 3.41. The van der Waals surface area contributed by atoms with Gasteiger partial charge in [-0.05, 0) is 44.5 Å². The molecule has 0 atom stereocenters. The van der Waals surface area contributed by atoms with Crippen molar-refractivity contribution in [3.63, 3.8) is 0 Å². The van der Waals surface area contributed by atoms with Gasteiger partial charge in [0.25, 0.3) is 0 Å². The topological polar surface area (TPSA) is 63.4 Å². The number of amides is 1. The predicted molar refractivity (Wildman–Crippen MR) is 93.9 cm³/mol. The third kappa shape index (κ3) is 2.99. The van der Waals surface area contributed by atoms with Crippen LogP contribution in [0.25, 0.3) is 16.9 Å². The van der Waals surface area contributed by atoms with Crippen LogP contribution in [-0.4, -0.2) is 32.3 Å². The first-order chi connectivity index (χ1) is 11.6. The van der Waals surface area contributed by atoms with Crippen molar-refractivity contribution in [2.45, 2.75) is 33.6 Å². The number of nitrogens with zero attached hydrogens (tertiary/aromatic N) is 5. The van der Waals surface area contributed by atoms with Crippen molar-refractivity contribution in [3.05, 3.63) is 42.2 Å². The molecule has 1 aromatic carbocycles. The average Bonchev–Trinajstić information content (AvgIpc) is 2.97. The summed E-state index contributed by atoms with van der Waals surface area (Å²) in [6.45, 7) is 6.53. The molecular formula is C18H21N5O. The minimum Gasteiger partial charge on any atom is -0.313 e. The Morgan fingerprint density at radius 2 is 2.00 bits per heavy atom. The maximum absolute atomic E-state index is 12.3. The Balaban J connectivity index is 1.99. The van der Waals surface area contributed by atoms with Gasteiger partial charge >= 0.3 is 0 Å². The second kappa shape index (κ2) is 6.78. The van der Waals surface area contributed by atoms with Gasteiger partial charge in [0, 0.05) is 24.2 Å². The van der Waals surface area contributed by atoms with Gasteiger partial charge in [-0.1, -0.05) is 19.1 Å². The molecule has 24 heavy (non-hydrogen) atoms. The first kappa shape index (κ1) is 16.1. The van der Waals surface area contributed by atoms with Gasteiger partial charge in [-0.25, -0.2) is 0 Å². The van der Waals surface area contributed by atoms with Crippen LogP contribution in [0.4, 0.5) is 5.69 Å². The zero-order valence-electron chi connectivity index (χ0n) is 14.2. The molecule has 6 heteroatoms. The van der Waals surface area contributed by atoms with E-state index in [0.29, 0.717) is 13.0 Å². The van der Waals surface area contributed by atoms with Crippen LogP contribution in [0.1, 0.15) is 32.5 Å². The largest absolute Gasteiger partial charge is 0.313 e. The van der Waals surface area contributed by atoms with Crippen LogP contribution in [0.3, 0.4) is 0 Å². The van der Waals surface area contributed by atoms with Gasteiger partial charge in [-0.3, -0.25) is 4.79 Å². The lowest BCUT2D eigenvalue weighted by Crippen LogP contribution is -2.30. The normalized spacial score (nSPS) is 11.0. The fourth-order valence-corrected chi connectivity index (χ4v) is 2.73. The number of carbonyl (C=O) groups excluding carboxylic acids is 1. The maximum atomic E-state index is 12.3. The lowest BCUT2D eigenvalue weighted by atomic mass is 10.1. The van der Waals surface area contributed by atoms with Crippen LogP contribution in [-0.2, 0) is 4.79 Å². The summed E-state index contributed by atoms with van der Waals surface area (Å²) in [5.74, 6) is 0.895. The molecule has 0 radical (unpaired) electrons. The number of hydrogen-bond acceptors (Lipinski definition) is 4. The number of aryl methyl sites for hydroxylation is 1. The molecule has 1 amide bonds. The van der Waals surface area contributed by atoms with Crippen molar-refractivity contribution in [2.24, 2.45) is 0 Å². The Kier molecular flexibility index (Phi) is 4.55. The smallest absolute Gasteiger partial charge is 0.226 e. The minimum absolute atomic E-state index is 0.148. The van der Waals surface area contributed by atoms with Gasteiger partial charge < -0.3 is 4.90 Å². The van der Waals surface area contributed by atoms with Crippen molar-refractivity contribution < 1.29 is 4.79 Å². The van der Waals surface area contributed by atoms with E-state index < -0.39 is 0 Å². The highest BCUT2D eigenvalue weighted by Crippen LogP contribution is 2.24. The number of aromatic nitrogens is 4. The number of fused-ring (bicyclic) bond motifs is 1. The molecule has 0 saturated heterocycles. The fourth-order valence-electron chi connectivity index (χ4n) is 2.73. The van der Waals surface area contributed by atoms with Crippen molar-refractivity contribution in [2.75, 3.05) is 11.4 Å². The van der Waals surface area contributed by atoms with Gasteiger partial charge in [-0.15, -0.1) is 10.2 Å².